The maximum Gasteiger partial charge on any atom is 0.232 e. The first kappa shape index (κ1) is 8.38. The summed E-state index contributed by atoms with van der Waals surface area (Å²) in [7, 11) is 0. The molecule has 3 rings (SSSR count). The Morgan fingerprint density at radius 3 is 3.00 bits per heavy atom. The number of fused-ring (bicyclic) bond motifs is 1. The van der Waals surface area contributed by atoms with Crippen molar-refractivity contribution in [2.24, 2.45) is 0 Å². The van der Waals surface area contributed by atoms with Crippen molar-refractivity contribution >= 4 is 28.8 Å². The molecule has 72 valence electrons. The summed E-state index contributed by atoms with van der Waals surface area (Å²) < 4.78 is 3.99. The summed E-state index contributed by atoms with van der Waals surface area (Å²) >= 11 is 3.22. The number of aryl methyl sites for hydroxylation is 2. The van der Waals surface area contributed by atoms with Gasteiger partial charge in [-0.2, -0.15) is 9.36 Å². The van der Waals surface area contributed by atoms with Gasteiger partial charge in [-0.1, -0.05) is 0 Å². The summed E-state index contributed by atoms with van der Waals surface area (Å²) in [6.45, 7) is 0. The first-order valence-electron chi connectivity index (χ1n) is 4.54. The molecule has 2 N–H and O–H groups in total. The van der Waals surface area contributed by atoms with Crippen LogP contribution in [0.1, 0.15) is 16.9 Å². The van der Waals surface area contributed by atoms with E-state index in [9.17, 15) is 0 Å². The van der Waals surface area contributed by atoms with Gasteiger partial charge in [0.15, 0.2) is 5.01 Å². The van der Waals surface area contributed by atoms with Crippen LogP contribution < -0.4 is 5.73 Å². The van der Waals surface area contributed by atoms with Crippen LogP contribution in [0.4, 0.5) is 5.95 Å². The summed E-state index contributed by atoms with van der Waals surface area (Å²) in [5, 5.41) is 0.960. The number of nitrogen functional groups attached to an aromatic ring is 1. The highest BCUT2D eigenvalue weighted by atomic mass is 32.1. The predicted octanol–water partition coefficient (Wildman–Crippen LogP) is 2.34. The highest BCUT2D eigenvalue weighted by Crippen LogP contribution is 2.37. The van der Waals surface area contributed by atoms with Crippen LogP contribution >= 0.6 is 22.9 Å². The van der Waals surface area contributed by atoms with Gasteiger partial charge in [-0.25, -0.2) is 0 Å². The molecule has 0 fully saturated rings. The second-order valence-corrected chi connectivity index (χ2v) is 5.26. The van der Waals surface area contributed by atoms with E-state index in [1.807, 2.05) is 11.3 Å². The molecular formula is C9H9N3S2. The van der Waals surface area contributed by atoms with Crippen molar-refractivity contribution in [2.75, 3.05) is 5.73 Å². The van der Waals surface area contributed by atoms with Crippen molar-refractivity contribution in [3.8, 4) is 9.88 Å². The lowest BCUT2D eigenvalue weighted by Gasteiger charge is -1.87. The zero-order chi connectivity index (χ0) is 9.54. The van der Waals surface area contributed by atoms with E-state index in [0.717, 1.165) is 5.01 Å². The largest absolute Gasteiger partial charge is 0.367 e. The number of nitrogens with zero attached hydrogens (tertiary/aromatic N) is 2. The molecule has 0 spiro atoms. The molecule has 0 atom stereocenters. The molecule has 0 radical (unpaired) electrons. The minimum Gasteiger partial charge on any atom is -0.367 e. The van der Waals surface area contributed by atoms with Crippen molar-refractivity contribution in [2.45, 2.75) is 19.3 Å². The zero-order valence-corrected chi connectivity index (χ0v) is 9.12. The molecule has 0 saturated carbocycles. The van der Waals surface area contributed by atoms with Crippen molar-refractivity contribution in [1.29, 1.82) is 0 Å². The molecule has 2 heterocycles. The van der Waals surface area contributed by atoms with E-state index in [-0.39, 0.29) is 0 Å². The Morgan fingerprint density at radius 2 is 2.29 bits per heavy atom. The lowest BCUT2D eigenvalue weighted by atomic mass is 10.2. The van der Waals surface area contributed by atoms with E-state index in [1.54, 1.807) is 0 Å². The Morgan fingerprint density at radius 1 is 1.36 bits per heavy atom. The molecule has 0 aliphatic heterocycles. The summed E-state index contributed by atoms with van der Waals surface area (Å²) in [6.07, 6.45) is 3.76. The average molecular weight is 223 g/mol. The Balaban J connectivity index is 2.05. The Labute approximate surface area is 89.8 Å². The molecule has 2 aromatic heterocycles. The molecule has 0 saturated heterocycles. The first-order chi connectivity index (χ1) is 6.83. The van der Waals surface area contributed by atoms with Crippen LogP contribution in [0.25, 0.3) is 9.88 Å². The maximum absolute atomic E-state index is 5.50. The third-order valence-corrected chi connectivity index (χ3v) is 4.53. The number of hydrogen-bond donors (Lipinski definition) is 1. The quantitative estimate of drug-likeness (QED) is 0.807. The molecule has 0 aromatic carbocycles. The molecule has 1 aliphatic rings. The monoisotopic (exact) mass is 223 g/mol. The zero-order valence-electron chi connectivity index (χ0n) is 7.49. The molecule has 2 aromatic rings. The topological polar surface area (TPSA) is 51.8 Å². The number of anilines is 1. The number of hydrogen-bond acceptors (Lipinski definition) is 5. The summed E-state index contributed by atoms with van der Waals surface area (Å²) in [4.78, 5) is 6.94. The molecule has 3 nitrogen and oxygen atoms in total. The van der Waals surface area contributed by atoms with Crippen molar-refractivity contribution < 1.29 is 0 Å². The molecular weight excluding hydrogens is 214 g/mol. The fraction of sp³-hybridized carbons (Fsp3) is 0.333. The van der Waals surface area contributed by atoms with Crippen molar-refractivity contribution in [3.63, 3.8) is 0 Å². The van der Waals surface area contributed by atoms with Gasteiger partial charge in [-0.05, 0) is 42.4 Å². The normalized spacial score (nSPS) is 14.6. The van der Waals surface area contributed by atoms with Crippen LogP contribution in [0.3, 0.4) is 0 Å². The number of thiophene rings is 1. The van der Waals surface area contributed by atoms with E-state index in [0.29, 0.717) is 5.95 Å². The van der Waals surface area contributed by atoms with Crippen LogP contribution in [-0.4, -0.2) is 9.36 Å². The average Bonchev–Trinajstić information content (AvgIpc) is 2.75. The standard InChI is InChI=1S/C9H9N3S2/c10-9-11-8(14-12-9)7-4-5-2-1-3-6(5)13-7/h4H,1-3H2,(H2,10,12). The highest BCUT2D eigenvalue weighted by Gasteiger charge is 2.17. The van der Waals surface area contributed by atoms with Gasteiger partial charge in [-0.3, -0.25) is 0 Å². The number of aromatic nitrogens is 2. The van der Waals surface area contributed by atoms with Gasteiger partial charge in [0.05, 0.1) is 4.88 Å². The molecule has 1 aliphatic carbocycles. The fourth-order valence-corrected chi connectivity index (χ4v) is 3.65. The summed E-state index contributed by atoms with van der Waals surface area (Å²) in [5.41, 5.74) is 7.00. The van der Waals surface area contributed by atoms with Gasteiger partial charge in [0.25, 0.3) is 0 Å². The SMILES string of the molecule is Nc1nsc(-c2cc3c(s2)CCC3)n1. The lowest BCUT2D eigenvalue weighted by molar-refractivity contribution is 0.915. The van der Waals surface area contributed by atoms with Crippen molar-refractivity contribution in [1.82, 2.24) is 9.36 Å². The maximum atomic E-state index is 5.50. The fourth-order valence-electron chi connectivity index (χ4n) is 1.77. The number of rotatable bonds is 1. The highest BCUT2D eigenvalue weighted by molar-refractivity contribution is 7.19. The minimum atomic E-state index is 0.388. The minimum absolute atomic E-state index is 0.388. The van der Waals surface area contributed by atoms with E-state index in [4.69, 9.17) is 5.73 Å². The third kappa shape index (κ3) is 1.24. The smallest absolute Gasteiger partial charge is 0.232 e. The number of nitrogens with two attached hydrogens (primary N) is 1. The van der Waals surface area contributed by atoms with Crippen LogP contribution in [0, 0.1) is 0 Å². The van der Waals surface area contributed by atoms with Crippen LogP contribution in [-0.2, 0) is 12.8 Å². The third-order valence-electron chi connectivity index (χ3n) is 2.40. The first-order valence-corrected chi connectivity index (χ1v) is 6.13. The van der Waals surface area contributed by atoms with Gasteiger partial charge in [0, 0.05) is 4.88 Å². The molecule has 0 amide bonds. The van der Waals surface area contributed by atoms with E-state index < -0.39 is 0 Å². The second kappa shape index (κ2) is 3.03. The van der Waals surface area contributed by atoms with Crippen LogP contribution in [0.5, 0.6) is 0 Å². The Hall–Kier alpha value is -0.940. The Kier molecular flexibility index (Phi) is 1.81. The van der Waals surface area contributed by atoms with Gasteiger partial charge in [0.2, 0.25) is 5.95 Å². The van der Waals surface area contributed by atoms with Gasteiger partial charge >= 0.3 is 0 Å². The second-order valence-electron chi connectivity index (χ2n) is 3.37. The molecule has 0 unspecified atom stereocenters. The van der Waals surface area contributed by atoms with Crippen LogP contribution in [0.2, 0.25) is 0 Å². The van der Waals surface area contributed by atoms with Crippen molar-refractivity contribution in [3.05, 3.63) is 16.5 Å². The predicted molar refractivity (Wildman–Crippen MR) is 59.7 cm³/mol. The summed E-state index contributed by atoms with van der Waals surface area (Å²) in [6, 6.07) is 2.24. The molecule has 5 heteroatoms. The van der Waals surface area contributed by atoms with Gasteiger partial charge < -0.3 is 5.73 Å². The van der Waals surface area contributed by atoms with Gasteiger partial charge in [0.1, 0.15) is 0 Å². The van der Waals surface area contributed by atoms with E-state index in [2.05, 4.69) is 15.4 Å². The summed E-state index contributed by atoms with van der Waals surface area (Å²) in [5.74, 6) is 0.388. The Bertz CT molecular complexity index is 451. The van der Waals surface area contributed by atoms with E-state index >= 15 is 0 Å². The van der Waals surface area contributed by atoms with E-state index in [1.165, 1.54) is 46.1 Å². The van der Waals surface area contributed by atoms with Crippen LogP contribution in [0.15, 0.2) is 6.07 Å². The lowest BCUT2D eigenvalue weighted by Crippen LogP contribution is -1.84. The molecule has 14 heavy (non-hydrogen) atoms. The molecule has 0 bridgehead atoms. The van der Waals surface area contributed by atoms with Gasteiger partial charge in [-0.15, -0.1) is 11.3 Å².